The number of amides is 1. The third kappa shape index (κ3) is 4.57. The van der Waals surface area contributed by atoms with Crippen LogP contribution in [-0.4, -0.2) is 22.5 Å². The molecule has 0 bridgehead atoms. The lowest BCUT2D eigenvalue weighted by Gasteiger charge is -2.15. The number of rotatable bonds is 5. The van der Waals surface area contributed by atoms with Gasteiger partial charge in [0, 0.05) is 23.6 Å². The van der Waals surface area contributed by atoms with E-state index in [-0.39, 0.29) is 16.8 Å². The van der Waals surface area contributed by atoms with E-state index in [1.165, 1.54) is 18.3 Å². The van der Waals surface area contributed by atoms with Gasteiger partial charge >= 0.3 is 0 Å². The van der Waals surface area contributed by atoms with Crippen LogP contribution in [0.25, 0.3) is 0 Å². The summed E-state index contributed by atoms with van der Waals surface area (Å²) in [5.74, 6) is -0.438. The van der Waals surface area contributed by atoms with Crippen LogP contribution in [0.15, 0.2) is 66.0 Å². The van der Waals surface area contributed by atoms with Gasteiger partial charge in [-0.05, 0) is 35.8 Å². The van der Waals surface area contributed by atoms with Crippen molar-refractivity contribution in [2.45, 2.75) is 6.92 Å². The summed E-state index contributed by atoms with van der Waals surface area (Å²) in [5, 5.41) is 16.0. The van der Waals surface area contributed by atoms with Gasteiger partial charge in [0.25, 0.3) is 0 Å². The largest absolute Gasteiger partial charge is 0.332 e. The molecule has 0 aliphatic rings. The molecule has 1 amide bonds. The van der Waals surface area contributed by atoms with Crippen LogP contribution in [0.4, 0.5) is 5.69 Å². The van der Waals surface area contributed by atoms with Crippen LogP contribution in [0, 0.1) is 5.41 Å². The SMILES string of the molecule is CC(=O)NC(=S)Nc1cc(C(=O)c2ccccc2)ccc1C(=N)c1cccs1. The molecule has 5 nitrogen and oxygen atoms in total. The number of benzene rings is 2. The number of hydrogen-bond acceptors (Lipinski definition) is 5. The van der Waals surface area contributed by atoms with Crippen LogP contribution in [0.5, 0.6) is 0 Å². The molecule has 3 aromatic rings. The zero-order chi connectivity index (χ0) is 20.1. The van der Waals surface area contributed by atoms with Gasteiger partial charge in [0.05, 0.1) is 16.3 Å². The highest BCUT2D eigenvalue weighted by molar-refractivity contribution is 7.80. The summed E-state index contributed by atoms with van der Waals surface area (Å²) in [7, 11) is 0. The molecule has 3 N–H and O–H groups in total. The first-order valence-electron chi connectivity index (χ1n) is 8.41. The van der Waals surface area contributed by atoms with Gasteiger partial charge < -0.3 is 10.6 Å². The van der Waals surface area contributed by atoms with Gasteiger partial charge in [-0.15, -0.1) is 11.3 Å². The Morgan fingerprint density at radius 1 is 1.00 bits per heavy atom. The van der Waals surface area contributed by atoms with E-state index in [2.05, 4.69) is 10.6 Å². The Bertz CT molecular complexity index is 1040. The van der Waals surface area contributed by atoms with E-state index in [4.69, 9.17) is 17.6 Å². The highest BCUT2D eigenvalue weighted by Gasteiger charge is 2.16. The number of ketones is 1. The Morgan fingerprint density at radius 3 is 2.39 bits per heavy atom. The molecule has 2 aromatic carbocycles. The molecular weight excluding hydrogens is 390 g/mol. The minimum Gasteiger partial charge on any atom is -0.332 e. The van der Waals surface area contributed by atoms with Gasteiger partial charge in [0.1, 0.15) is 0 Å². The van der Waals surface area contributed by atoms with Crippen molar-refractivity contribution in [2.24, 2.45) is 0 Å². The van der Waals surface area contributed by atoms with Gasteiger partial charge in [0.2, 0.25) is 5.91 Å². The maximum Gasteiger partial charge on any atom is 0.222 e. The van der Waals surface area contributed by atoms with Crippen LogP contribution in [-0.2, 0) is 4.79 Å². The predicted molar refractivity (Wildman–Crippen MR) is 117 cm³/mol. The van der Waals surface area contributed by atoms with Gasteiger partial charge in [-0.3, -0.25) is 15.0 Å². The molecule has 7 heteroatoms. The molecule has 140 valence electrons. The fourth-order valence-electron chi connectivity index (χ4n) is 2.63. The zero-order valence-electron chi connectivity index (χ0n) is 15.0. The summed E-state index contributed by atoms with van der Waals surface area (Å²) in [5.41, 5.74) is 2.40. The number of thiocarbonyl (C=S) groups is 1. The zero-order valence-corrected chi connectivity index (χ0v) is 16.6. The quantitative estimate of drug-likeness (QED) is 0.336. The molecule has 0 radical (unpaired) electrons. The van der Waals surface area contributed by atoms with Gasteiger partial charge in [-0.25, -0.2) is 0 Å². The second-order valence-electron chi connectivity index (χ2n) is 5.94. The molecule has 0 atom stereocenters. The first-order valence-corrected chi connectivity index (χ1v) is 9.69. The van der Waals surface area contributed by atoms with Crippen molar-refractivity contribution in [1.82, 2.24) is 5.32 Å². The van der Waals surface area contributed by atoms with Crippen molar-refractivity contribution in [3.05, 3.63) is 87.6 Å². The van der Waals surface area contributed by atoms with E-state index >= 15 is 0 Å². The lowest BCUT2D eigenvalue weighted by molar-refractivity contribution is -0.117. The Balaban J connectivity index is 2.00. The molecule has 0 aliphatic heterocycles. The number of carbonyl (C=O) groups is 2. The normalized spacial score (nSPS) is 10.2. The van der Waals surface area contributed by atoms with Crippen LogP contribution >= 0.6 is 23.6 Å². The molecule has 1 aromatic heterocycles. The van der Waals surface area contributed by atoms with Crippen LogP contribution < -0.4 is 10.6 Å². The van der Waals surface area contributed by atoms with E-state index in [1.807, 2.05) is 23.6 Å². The van der Waals surface area contributed by atoms with Gasteiger partial charge in [0.15, 0.2) is 10.9 Å². The molecule has 1 heterocycles. The smallest absolute Gasteiger partial charge is 0.222 e. The molecule has 3 rings (SSSR count). The minimum atomic E-state index is -0.302. The topological polar surface area (TPSA) is 82.1 Å². The number of hydrogen-bond donors (Lipinski definition) is 3. The van der Waals surface area contributed by atoms with E-state index in [1.54, 1.807) is 42.5 Å². The summed E-state index contributed by atoms with van der Waals surface area (Å²) in [4.78, 5) is 24.9. The summed E-state index contributed by atoms with van der Waals surface area (Å²) in [6.07, 6.45) is 0. The Labute approximate surface area is 171 Å². The lowest BCUT2D eigenvalue weighted by atomic mass is 9.98. The Kier molecular flexibility index (Phi) is 6.08. The number of nitrogens with one attached hydrogen (secondary N) is 3. The standard InChI is InChI=1S/C21H17N3O2S2/c1-13(25)23-21(27)24-17-12-15(20(26)14-6-3-2-4-7-14)9-10-16(17)19(22)18-8-5-11-28-18/h2-12,22H,1H3,(H2,23,24,25,27). The molecule has 0 saturated heterocycles. The highest BCUT2D eigenvalue weighted by Crippen LogP contribution is 2.24. The van der Waals surface area contributed by atoms with Crippen molar-refractivity contribution in [3.8, 4) is 0 Å². The Hall–Kier alpha value is -3.16. The van der Waals surface area contributed by atoms with E-state index in [9.17, 15) is 9.59 Å². The first kappa shape index (κ1) is 19.6. The third-order valence-electron chi connectivity index (χ3n) is 3.89. The van der Waals surface area contributed by atoms with Crippen molar-refractivity contribution in [1.29, 1.82) is 5.41 Å². The number of carbonyl (C=O) groups excluding carboxylic acids is 2. The molecule has 0 fully saturated rings. The second kappa shape index (κ2) is 8.69. The Morgan fingerprint density at radius 2 is 1.75 bits per heavy atom. The molecule has 28 heavy (non-hydrogen) atoms. The van der Waals surface area contributed by atoms with Crippen LogP contribution in [0.1, 0.15) is 33.3 Å². The molecule has 0 spiro atoms. The third-order valence-corrected chi connectivity index (χ3v) is 4.98. The van der Waals surface area contributed by atoms with Crippen molar-refractivity contribution in [2.75, 3.05) is 5.32 Å². The average Bonchev–Trinajstić information content (AvgIpc) is 3.21. The summed E-state index contributed by atoms with van der Waals surface area (Å²) >= 11 is 6.61. The maximum absolute atomic E-state index is 12.8. The molecular formula is C21H17N3O2S2. The average molecular weight is 408 g/mol. The predicted octanol–water partition coefficient (Wildman–Crippen LogP) is 4.23. The fraction of sp³-hybridized carbons (Fsp3) is 0.0476. The molecule has 0 saturated carbocycles. The van der Waals surface area contributed by atoms with Crippen molar-refractivity contribution >= 4 is 51.8 Å². The van der Waals surface area contributed by atoms with Crippen molar-refractivity contribution < 1.29 is 9.59 Å². The van der Waals surface area contributed by atoms with Crippen LogP contribution in [0.3, 0.4) is 0 Å². The second-order valence-corrected chi connectivity index (χ2v) is 7.30. The minimum absolute atomic E-state index is 0.108. The molecule has 0 aliphatic carbocycles. The number of anilines is 1. The van der Waals surface area contributed by atoms with Gasteiger partial charge in [-0.1, -0.05) is 42.5 Å². The van der Waals surface area contributed by atoms with E-state index in [0.717, 1.165) is 4.88 Å². The van der Waals surface area contributed by atoms with E-state index < -0.39 is 0 Å². The molecule has 0 unspecified atom stereocenters. The lowest BCUT2D eigenvalue weighted by Crippen LogP contribution is -2.32. The van der Waals surface area contributed by atoms with Gasteiger partial charge in [-0.2, -0.15) is 0 Å². The number of thiophene rings is 1. The summed E-state index contributed by atoms with van der Waals surface area (Å²) in [6, 6.07) is 17.7. The van der Waals surface area contributed by atoms with Crippen LogP contribution in [0.2, 0.25) is 0 Å². The summed E-state index contributed by atoms with van der Waals surface area (Å²) < 4.78 is 0. The monoisotopic (exact) mass is 407 g/mol. The fourth-order valence-corrected chi connectivity index (χ4v) is 3.57. The highest BCUT2D eigenvalue weighted by atomic mass is 32.1. The first-order chi connectivity index (χ1) is 13.5. The summed E-state index contributed by atoms with van der Waals surface area (Å²) in [6.45, 7) is 1.36. The van der Waals surface area contributed by atoms with Crippen molar-refractivity contribution in [3.63, 3.8) is 0 Å². The maximum atomic E-state index is 12.8. The van der Waals surface area contributed by atoms with E-state index in [0.29, 0.717) is 28.1 Å².